The lowest BCUT2D eigenvalue weighted by molar-refractivity contribution is -1.02. The van der Waals surface area contributed by atoms with E-state index in [1.165, 1.54) is 39.6 Å². The van der Waals surface area contributed by atoms with E-state index in [0.29, 0.717) is 5.69 Å². The van der Waals surface area contributed by atoms with E-state index in [4.69, 9.17) is 9.47 Å². The first-order valence-corrected chi connectivity index (χ1v) is 10.3. The number of nitrogens with one attached hydrogen (secondary N) is 2. The van der Waals surface area contributed by atoms with Crippen molar-refractivity contribution in [3.05, 3.63) is 53.8 Å². The summed E-state index contributed by atoms with van der Waals surface area (Å²) in [6.07, 6.45) is 0.211. The van der Waals surface area contributed by atoms with Gasteiger partial charge in [-0.15, -0.1) is 0 Å². The Morgan fingerprint density at radius 3 is 2.47 bits per heavy atom. The summed E-state index contributed by atoms with van der Waals surface area (Å²) in [4.78, 5) is 29.3. The summed E-state index contributed by atoms with van der Waals surface area (Å²) < 4.78 is 24.0. The van der Waals surface area contributed by atoms with Crippen molar-refractivity contribution in [2.75, 3.05) is 37.9 Å². The summed E-state index contributed by atoms with van der Waals surface area (Å²) in [6.45, 7) is 4.69. The van der Waals surface area contributed by atoms with Gasteiger partial charge in [0.15, 0.2) is 17.5 Å². The molecule has 156 valence electrons. The molecule has 0 saturated carbocycles. The molecule has 0 unspecified atom stereocenters. The Morgan fingerprint density at radius 1 is 0.967 bits per heavy atom. The maximum atomic E-state index is 13.2. The van der Waals surface area contributed by atoms with Crippen LogP contribution in [-0.2, 0) is 16.1 Å². The average Bonchev–Trinajstić information content (AvgIpc) is 3.33. The molecule has 3 aliphatic rings. The number of nitrogens with zero attached hydrogens (tertiary/aromatic N) is 1. The van der Waals surface area contributed by atoms with Crippen LogP contribution in [0.5, 0.6) is 11.5 Å². The van der Waals surface area contributed by atoms with Crippen LogP contribution in [0.25, 0.3) is 0 Å². The van der Waals surface area contributed by atoms with E-state index >= 15 is 0 Å². The van der Waals surface area contributed by atoms with Crippen LogP contribution >= 0.6 is 0 Å². The zero-order valence-corrected chi connectivity index (χ0v) is 16.5. The van der Waals surface area contributed by atoms with Gasteiger partial charge in [-0.2, -0.15) is 0 Å². The first kappa shape index (κ1) is 19.0. The molecule has 2 saturated heterocycles. The third-order valence-electron chi connectivity index (χ3n) is 6.21. The molecular formula is C22H24FN3O4+2. The maximum Gasteiger partial charge on any atom is 0.292 e. The Labute approximate surface area is 173 Å². The second-order valence-corrected chi connectivity index (χ2v) is 8.07. The quantitative estimate of drug-likeness (QED) is 0.643. The van der Waals surface area contributed by atoms with Crippen molar-refractivity contribution >= 4 is 17.5 Å². The number of anilines is 1. The highest BCUT2D eigenvalue weighted by Gasteiger charge is 2.46. The zero-order chi connectivity index (χ0) is 20.7. The Hall–Kier alpha value is -2.97. The number of hydrogen-bond donors (Lipinski definition) is 2. The Bertz CT molecular complexity index is 973. The molecule has 2 amide bonds. The van der Waals surface area contributed by atoms with E-state index in [1.807, 2.05) is 12.1 Å². The van der Waals surface area contributed by atoms with E-state index in [0.717, 1.165) is 49.1 Å². The maximum absolute atomic E-state index is 13.2. The highest BCUT2D eigenvalue weighted by atomic mass is 19.1. The van der Waals surface area contributed by atoms with E-state index in [-0.39, 0.29) is 36.9 Å². The zero-order valence-electron chi connectivity index (χ0n) is 16.5. The van der Waals surface area contributed by atoms with Crippen LogP contribution in [0, 0.1) is 5.82 Å². The third kappa shape index (κ3) is 3.53. The standard InChI is InChI=1S/C22H22FN3O4/c23-16-2-4-17(5-3-16)26-21(27)12-18(22(26)28)25-9-7-24(8-10-25)13-15-1-6-19-20(11-15)30-14-29-19/h1-6,11,18H,7-10,12-14H2/p+2/t18-/m0/s1. The fourth-order valence-corrected chi connectivity index (χ4v) is 4.60. The largest absolute Gasteiger partial charge is 0.454 e. The normalized spacial score (nSPS) is 25.8. The number of ether oxygens (including phenoxy) is 2. The number of rotatable bonds is 4. The third-order valence-corrected chi connectivity index (χ3v) is 6.21. The van der Waals surface area contributed by atoms with Gasteiger partial charge in [-0.1, -0.05) is 0 Å². The van der Waals surface area contributed by atoms with E-state index < -0.39 is 0 Å². The number of hydrogen-bond acceptors (Lipinski definition) is 4. The summed E-state index contributed by atoms with van der Waals surface area (Å²) in [5, 5.41) is 0. The molecule has 0 aliphatic carbocycles. The fourth-order valence-electron chi connectivity index (χ4n) is 4.60. The molecule has 2 aromatic rings. The minimum absolute atomic E-state index is 0.180. The molecule has 0 aromatic heterocycles. The molecule has 0 radical (unpaired) electrons. The lowest BCUT2D eigenvalue weighted by Crippen LogP contribution is -3.29. The lowest BCUT2D eigenvalue weighted by Gasteiger charge is -2.32. The van der Waals surface area contributed by atoms with Gasteiger partial charge in [-0.05, 0) is 42.5 Å². The van der Waals surface area contributed by atoms with Gasteiger partial charge in [0.05, 0.1) is 12.1 Å². The van der Waals surface area contributed by atoms with Gasteiger partial charge in [-0.3, -0.25) is 9.59 Å². The van der Waals surface area contributed by atoms with Crippen molar-refractivity contribution < 1.29 is 33.3 Å². The number of benzene rings is 2. The van der Waals surface area contributed by atoms with Crippen molar-refractivity contribution in [1.82, 2.24) is 0 Å². The van der Waals surface area contributed by atoms with E-state index in [1.54, 1.807) is 0 Å². The molecule has 3 heterocycles. The van der Waals surface area contributed by atoms with Gasteiger partial charge in [0.1, 0.15) is 38.5 Å². The molecule has 0 spiro atoms. The van der Waals surface area contributed by atoms with Crippen LogP contribution in [0.1, 0.15) is 12.0 Å². The smallest absolute Gasteiger partial charge is 0.292 e. The Kier molecular flexibility index (Phi) is 4.88. The van der Waals surface area contributed by atoms with E-state index in [2.05, 4.69) is 6.07 Å². The molecule has 1 atom stereocenters. The molecule has 3 aliphatic heterocycles. The summed E-state index contributed by atoms with van der Waals surface area (Å²) in [7, 11) is 0. The van der Waals surface area contributed by atoms with Crippen LogP contribution < -0.4 is 24.2 Å². The van der Waals surface area contributed by atoms with Crippen molar-refractivity contribution in [2.45, 2.75) is 19.0 Å². The number of amides is 2. The van der Waals surface area contributed by atoms with Crippen LogP contribution in [0.2, 0.25) is 0 Å². The number of imide groups is 1. The predicted octanol–water partition coefficient (Wildman–Crippen LogP) is -0.830. The second kappa shape index (κ2) is 7.70. The summed E-state index contributed by atoms with van der Waals surface area (Å²) in [6, 6.07) is 11.2. The summed E-state index contributed by atoms with van der Waals surface area (Å²) in [5.74, 6) is 0.812. The highest BCUT2D eigenvalue weighted by Crippen LogP contribution is 2.32. The number of piperazine rings is 1. The van der Waals surface area contributed by atoms with Crippen molar-refractivity contribution in [2.24, 2.45) is 0 Å². The fraction of sp³-hybridized carbons (Fsp3) is 0.364. The second-order valence-electron chi connectivity index (χ2n) is 8.07. The summed E-state index contributed by atoms with van der Waals surface area (Å²) >= 11 is 0. The number of carbonyl (C=O) groups is 2. The van der Waals surface area contributed by atoms with Crippen molar-refractivity contribution in [3.63, 3.8) is 0 Å². The van der Waals surface area contributed by atoms with Crippen LogP contribution in [-0.4, -0.2) is 50.8 Å². The Morgan fingerprint density at radius 2 is 1.70 bits per heavy atom. The monoisotopic (exact) mass is 413 g/mol. The molecule has 5 rings (SSSR count). The number of halogens is 1. The number of fused-ring (bicyclic) bond motifs is 1. The van der Waals surface area contributed by atoms with Gasteiger partial charge >= 0.3 is 0 Å². The Balaban J connectivity index is 1.20. The van der Waals surface area contributed by atoms with Crippen molar-refractivity contribution in [3.8, 4) is 11.5 Å². The van der Waals surface area contributed by atoms with Gasteiger partial charge in [0, 0.05) is 5.56 Å². The minimum Gasteiger partial charge on any atom is -0.454 e. The predicted molar refractivity (Wildman–Crippen MR) is 105 cm³/mol. The summed E-state index contributed by atoms with van der Waals surface area (Å²) in [5.41, 5.74) is 1.65. The first-order valence-electron chi connectivity index (χ1n) is 10.3. The van der Waals surface area contributed by atoms with Gasteiger partial charge in [0.2, 0.25) is 12.7 Å². The molecule has 7 nitrogen and oxygen atoms in total. The SMILES string of the molecule is O=C1C[C@H]([NH+]2CC[NH+](Cc3ccc4c(c3)OCO4)CC2)C(=O)N1c1ccc(F)cc1. The molecule has 2 N–H and O–H groups in total. The molecule has 8 heteroatoms. The molecule has 30 heavy (non-hydrogen) atoms. The lowest BCUT2D eigenvalue weighted by atomic mass is 10.1. The highest BCUT2D eigenvalue weighted by molar-refractivity contribution is 6.21. The number of quaternary nitrogens is 2. The van der Waals surface area contributed by atoms with Gasteiger partial charge < -0.3 is 19.3 Å². The minimum atomic E-state index is -0.387. The topological polar surface area (TPSA) is 64.7 Å². The first-order chi connectivity index (χ1) is 14.6. The van der Waals surface area contributed by atoms with Gasteiger partial charge in [0.25, 0.3) is 5.91 Å². The molecule has 0 bridgehead atoms. The van der Waals surface area contributed by atoms with Crippen LogP contribution in [0.4, 0.5) is 10.1 Å². The molecule has 2 aromatic carbocycles. The molecular weight excluding hydrogens is 389 g/mol. The van der Waals surface area contributed by atoms with Crippen molar-refractivity contribution in [1.29, 1.82) is 0 Å². The average molecular weight is 413 g/mol. The van der Waals surface area contributed by atoms with Crippen LogP contribution in [0.3, 0.4) is 0 Å². The molecule has 2 fully saturated rings. The van der Waals surface area contributed by atoms with E-state index in [9.17, 15) is 14.0 Å². The number of carbonyl (C=O) groups excluding carboxylic acids is 2. The van der Waals surface area contributed by atoms with Gasteiger partial charge in [-0.25, -0.2) is 9.29 Å². The van der Waals surface area contributed by atoms with Crippen LogP contribution in [0.15, 0.2) is 42.5 Å².